The van der Waals surface area contributed by atoms with Crippen molar-refractivity contribution in [1.29, 1.82) is 0 Å². The van der Waals surface area contributed by atoms with Crippen LogP contribution in [0.5, 0.6) is 5.75 Å². The molecule has 1 N–H and O–H groups in total. The van der Waals surface area contributed by atoms with Gasteiger partial charge in [0.2, 0.25) is 0 Å². The standard InChI is InChI=1S/C29H38O2/c1-3-4-10-21-17-22-18-23(31-19-20-8-6-5-7-9-20)11-12-24(22)25-15-16-29(2)26(28(21)25)13-14-27(29)30/h5-9,11-12,18,21,25-28,30H,3-4,10,13-17,19H2,1-2H3/t21-,25-,26+,27+,28-,29+/m1/s1. The van der Waals surface area contributed by atoms with Gasteiger partial charge in [-0.05, 0) is 96.4 Å². The largest absolute Gasteiger partial charge is 0.489 e. The van der Waals surface area contributed by atoms with Crippen LogP contribution in [-0.2, 0) is 13.0 Å². The number of aliphatic hydroxyl groups excluding tert-OH is 1. The average molecular weight is 419 g/mol. The van der Waals surface area contributed by atoms with Crippen molar-refractivity contribution >= 4 is 0 Å². The topological polar surface area (TPSA) is 29.5 Å². The van der Waals surface area contributed by atoms with Crippen LogP contribution < -0.4 is 4.74 Å². The Bertz CT molecular complexity index is 891. The molecule has 6 atom stereocenters. The van der Waals surface area contributed by atoms with Gasteiger partial charge in [-0.15, -0.1) is 0 Å². The number of aliphatic hydroxyl groups is 1. The second-order valence-electron chi connectivity index (χ2n) is 10.7. The van der Waals surface area contributed by atoms with E-state index in [-0.39, 0.29) is 11.5 Å². The quantitative estimate of drug-likeness (QED) is 0.553. The molecule has 2 aromatic carbocycles. The first kappa shape index (κ1) is 21.1. The number of benzene rings is 2. The molecule has 0 unspecified atom stereocenters. The van der Waals surface area contributed by atoms with Gasteiger partial charge in [0.15, 0.2) is 0 Å². The van der Waals surface area contributed by atoms with Gasteiger partial charge >= 0.3 is 0 Å². The Balaban J connectivity index is 1.41. The van der Waals surface area contributed by atoms with Crippen molar-refractivity contribution in [2.75, 3.05) is 0 Å². The van der Waals surface area contributed by atoms with E-state index in [0.29, 0.717) is 18.4 Å². The lowest BCUT2D eigenvalue weighted by Gasteiger charge is -2.53. The van der Waals surface area contributed by atoms with E-state index in [0.717, 1.165) is 24.0 Å². The fourth-order valence-corrected chi connectivity index (χ4v) is 7.32. The van der Waals surface area contributed by atoms with Gasteiger partial charge in [0.1, 0.15) is 12.4 Å². The van der Waals surface area contributed by atoms with E-state index in [9.17, 15) is 5.11 Å². The lowest BCUT2D eigenvalue weighted by atomic mass is 9.52. The summed E-state index contributed by atoms with van der Waals surface area (Å²) >= 11 is 0. The summed E-state index contributed by atoms with van der Waals surface area (Å²) in [5.41, 5.74) is 4.46. The van der Waals surface area contributed by atoms with Gasteiger partial charge in [0.25, 0.3) is 0 Å². The molecule has 166 valence electrons. The van der Waals surface area contributed by atoms with Crippen molar-refractivity contribution in [3.05, 3.63) is 65.2 Å². The van der Waals surface area contributed by atoms with Crippen LogP contribution in [0.2, 0.25) is 0 Å². The summed E-state index contributed by atoms with van der Waals surface area (Å²) < 4.78 is 6.18. The Morgan fingerprint density at radius 2 is 1.90 bits per heavy atom. The number of unbranched alkanes of at least 4 members (excludes halogenated alkanes) is 1. The van der Waals surface area contributed by atoms with Gasteiger partial charge in [-0.2, -0.15) is 0 Å². The first-order valence-corrected chi connectivity index (χ1v) is 12.6. The van der Waals surface area contributed by atoms with Gasteiger partial charge in [0, 0.05) is 0 Å². The highest BCUT2D eigenvalue weighted by Gasteiger charge is 2.56. The van der Waals surface area contributed by atoms with Crippen LogP contribution in [0.1, 0.15) is 81.4 Å². The van der Waals surface area contributed by atoms with Crippen LogP contribution in [0.25, 0.3) is 0 Å². The maximum Gasteiger partial charge on any atom is 0.120 e. The van der Waals surface area contributed by atoms with Crippen molar-refractivity contribution in [3.8, 4) is 5.75 Å². The molecule has 0 heterocycles. The third kappa shape index (κ3) is 3.82. The van der Waals surface area contributed by atoms with Gasteiger partial charge in [0.05, 0.1) is 6.10 Å². The Morgan fingerprint density at radius 1 is 1.06 bits per heavy atom. The normalized spacial score (nSPS) is 34.0. The van der Waals surface area contributed by atoms with Crippen molar-refractivity contribution in [2.45, 2.75) is 83.8 Å². The number of fused-ring (bicyclic) bond motifs is 5. The molecule has 5 rings (SSSR count). The first-order valence-electron chi connectivity index (χ1n) is 12.6. The lowest BCUT2D eigenvalue weighted by molar-refractivity contribution is -0.0395. The van der Waals surface area contributed by atoms with Crippen molar-refractivity contribution in [2.24, 2.45) is 23.2 Å². The maximum absolute atomic E-state index is 10.8. The zero-order valence-corrected chi connectivity index (χ0v) is 19.2. The highest BCUT2D eigenvalue weighted by Crippen LogP contribution is 2.62. The number of rotatable bonds is 6. The fourth-order valence-electron chi connectivity index (χ4n) is 7.32. The summed E-state index contributed by atoms with van der Waals surface area (Å²) in [5.74, 6) is 3.84. The molecule has 2 saturated carbocycles. The zero-order chi connectivity index (χ0) is 21.4. The molecule has 0 radical (unpaired) electrons. The van der Waals surface area contributed by atoms with E-state index >= 15 is 0 Å². The SMILES string of the molecule is CCCC[C@@H]1Cc2cc(OCc3ccccc3)ccc2[C@H]2CC[C@]3(C)[C@@H](O)CC[C@H]3[C@H]12. The van der Waals surface area contributed by atoms with Gasteiger partial charge in [-0.3, -0.25) is 0 Å². The van der Waals surface area contributed by atoms with Crippen molar-refractivity contribution in [3.63, 3.8) is 0 Å². The summed E-state index contributed by atoms with van der Waals surface area (Å²) in [7, 11) is 0. The summed E-state index contributed by atoms with van der Waals surface area (Å²) in [6.45, 7) is 5.33. The number of hydrogen-bond donors (Lipinski definition) is 1. The molecule has 0 saturated heterocycles. The number of ether oxygens (including phenoxy) is 1. The van der Waals surface area contributed by atoms with E-state index in [1.165, 1.54) is 56.1 Å². The van der Waals surface area contributed by atoms with E-state index in [1.54, 1.807) is 5.56 Å². The van der Waals surface area contributed by atoms with Gasteiger partial charge in [-0.1, -0.05) is 63.1 Å². The Hall–Kier alpha value is -1.80. The zero-order valence-electron chi connectivity index (χ0n) is 19.2. The van der Waals surface area contributed by atoms with Crippen LogP contribution in [0.15, 0.2) is 48.5 Å². The molecule has 0 spiro atoms. The molecule has 0 aromatic heterocycles. The molecule has 2 nitrogen and oxygen atoms in total. The Labute approximate surface area is 188 Å². The minimum absolute atomic E-state index is 0.0968. The van der Waals surface area contributed by atoms with Crippen LogP contribution in [-0.4, -0.2) is 11.2 Å². The second-order valence-corrected chi connectivity index (χ2v) is 10.7. The molecule has 0 aliphatic heterocycles. The van der Waals surface area contributed by atoms with Crippen molar-refractivity contribution in [1.82, 2.24) is 0 Å². The Morgan fingerprint density at radius 3 is 2.71 bits per heavy atom. The Kier molecular flexibility index (Phi) is 5.86. The highest BCUT2D eigenvalue weighted by molar-refractivity contribution is 5.41. The molecule has 2 heteroatoms. The minimum atomic E-state index is -0.0968. The third-order valence-corrected chi connectivity index (χ3v) is 9.00. The lowest BCUT2D eigenvalue weighted by Crippen LogP contribution is -2.47. The molecular weight excluding hydrogens is 380 g/mol. The summed E-state index contributed by atoms with van der Waals surface area (Å²) in [6.07, 6.45) is 9.63. The maximum atomic E-state index is 10.8. The third-order valence-electron chi connectivity index (χ3n) is 9.00. The summed E-state index contributed by atoms with van der Waals surface area (Å²) in [4.78, 5) is 0. The van der Waals surface area contributed by atoms with Crippen molar-refractivity contribution < 1.29 is 9.84 Å². The second kappa shape index (κ2) is 8.62. The highest BCUT2D eigenvalue weighted by atomic mass is 16.5. The van der Waals surface area contributed by atoms with Gasteiger partial charge < -0.3 is 9.84 Å². The van der Waals surface area contributed by atoms with Crippen LogP contribution in [0, 0.1) is 23.2 Å². The smallest absolute Gasteiger partial charge is 0.120 e. The van der Waals surface area contributed by atoms with Crippen LogP contribution >= 0.6 is 0 Å². The molecule has 0 amide bonds. The van der Waals surface area contributed by atoms with Crippen LogP contribution in [0.4, 0.5) is 0 Å². The van der Waals surface area contributed by atoms with Gasteiger partial charge in [-0.25, -0.2) is 0 Å². The summed E-state index contributed by atoms with van der Waals surface area (Å²) in [6, 6.07) is 17.3. The van der Waals surface area contributed by atoms with E-state index in [2.05, 4.69) is 56.3 Å². The molecule has 3 aliphatic carbocycles. The first-order chi connectivity index (χ1) is 15.1. The summed E-state index contributed by atoms with van der Waals surface area (Å²) in [5, 5.41) is 10.8. The predicted molar refractivity (Wildman–Crippen MR) is 126 cm³/mol. The monoisotopic (exact) mass is 418 g/mol. The minimum Gasteiger partial charge on any atom is -0.489 e. The molecule has 2 aromatic rings. The predicted octanol–water partition coefficient (Wildman–Crippen LogP) is 6.90. The van der Waals surface area contributed by atoms with E-state index < -0.39 is 0 Å². The molecule has 0 bridgehead atoms. The van der Waals surface area contributed by atoms with E-state index in [1.807, 2.05) is 6.07 Å². The molecule has 3 aliphatic rings. The van der Waals surface area contributed by atoms with Crippen LogP contribution in [0.3, 0.4) is 0 Å². The molecule has 31 heavy (non-hydrogen) atoms. The van der Waals surface area contributed by atoms with E-state index in [4.69, 9.17) is 4.74 Å². The average Bonchev–Trinajstić information content (AvgIpc) is 3.10. The molecule has 2 fully saturated rings. The fraction of sp³-hybridized carbons (Fsp3) is 0.586. The number of hydrogen-bond acceptors (Lipinski definition) is 2. The molecular formula is C29H38O2.